The molecule has 0 radical (unpaired) electrons. The van der Waals surface area contributed by atoms with Crippen LogP contribution in [0.1, 0.15) is 20.7 Å². The predicted molar refractivity (Wildman–Crippen MR) is 282 cm³/mol. The van der Waals surface area contributed by atoms with Crippen LogP contribution in [0.15, 0.2) is 149 Å². The third-order valence-electron chi connectivity index (χ3n) is 11.2. The number of rotatable bonds is 18. The van der Waals surface area contributed by atoms with Crippen LogP contribution in [-0.2, 0) is 40.5 Å². The Balaban J connectivity index is 0.00000353. The van der Waals surface area contributed by atoms with Crippen LogP contribution in [-0.4, -0.2) is 104 Å². The number of benzene rings is 7. The average Bonchev–Trinajstić information content (AvgIpc) is 1.65. The molecule has 0 fully saturated rings. The number of carboxylic acid groups (broad SMARTS) is 2. The van der Waals surface area contributed by atoms with Gasteiger partial charge >= 0.3 is 177 Å². The number of fused-ring (bicyclic) bond motifs is 2. The second kappa shape index (κ2) is 32.6. The van der Waals surface area contributed by atoms with Gasteiger partial charge in [-0.05, 0) is 124 Å². The molecule has 0 spiro atoms. The molecular formula is C46H24Cl2N14Na6O18S4. The smallest absolute Gasteiger partial charge is 0.744 e. The van der Waals surface area contributed by atoms with Crippen molar-refractivity contribution in [2.24, 2.45) is 20.5 Å². The van der Waals surface area contributed by atoms with Crippen LogP contribution in [0.4, 0.5) is 69.3 Å². The van der Waals surface area contributed by atoms with Gasteiger partial charge in [-0.2, -0.15) is 40.1 Å². The number of aromatic carboxylic acids is 2. The number of hydrogen-bond acceptors (Lipinski definition) is 32. The number of phenols is 2. The fraction of sp³-hybridized carbons (Fsp3) is 0. The second-order valence-electron chi connectivity index (χ2n) is 16.7. The first-order valence-electron chi connectivity index (χ1n) is 22.4. The zero-order valence-corrected chi connectivity index (χ0v) is 63.5. The summed E-state index contributed by atoms with van der Waals surface area (Å²) in [4.78, 5) is 42.0. The molecule has 2 heterocycles. The molecule has 44 heteroatoms. The van der Waals surface area contributed by atoms with Gasteiger partial charge in [0, 0.05) is 11.4 Å². The molecule has 2 aromatic heterocycles. The van der Waals surface area contributed by atoms with E-state index < -0.39 is 150 Å². The quantitative estimate of drug-likeness (QED) is 0.0201. The molecule has 6 N–H and O–H groups in total. The molecule has 0 saturated heterocycles. The number of anilines is 8. The number of phenolic OH excluding ortho intramolecular Hbond substituents is 2. The van der Waals surface area contributed by atoms with E-state index in [4.69, 9.17) is 23.2 Å². The molecule has 7 aromatic carbocycles. The van der Waals surface area contributed by atoms with Crippen molar-refractivity contribution >= 4 is 166 Å². The summed E-state index contributed by atoms with van der Waals surface area (Å²) in [5.41, 5.74) is -3.20. The Morgan fingerprint density at radius 1 is 0.422 bits per heavy atom. The first-order chi connectivity index (χ1) is 39.4. The van der Waals surface area contributed by atoms with Gasteiger partial charge in [0.05, 0.1) is 65.0 Å². The van der Waals surface area contributed by atoms with Gasteiger partial charge in [-0.15, -0.1) is 10.2 Å². The Morgan fingerprint density at radius 2 is 0.744 bits per heavy atom. The van der Waals surface area contributed by atoms with Crippen LogP contribution in [0.3, 0.4) is 0 Å². The van der Waals surface area contributed by atoms with Crippen molar-refractivity contribution in [3.63, 3.8) is 0 Å². The number of carbonyl (C=O) groups is 2. The molecule has 0 saturated carbocycles. The van der Waals surface area contributed by atoms with E-state index >= 15 is 0 Å². The van der Waals surface area contributed by atoms with Gasteiger partial charge < -0.3 is 69.5 Å². The summed E-state index contributed by atoms with van der Waals surface area (Å²) < 4.78 is 149. The summed E-state index contributed by atoms with van der Waals surface area (Å²) in [6.07, 6.45) is 0. The molecule has 90 heavy (non-hydrogen) atoms. The summed E-state index contributed by atoms with van der Waals surface area (Å²) in [6, 6.07) is 18.8. The number of carbonyl (C=O) groups excluding carboxylic acids is 2. The van der Waals surface area contributed by atoms with Crippen molar-refractivity contribution in [2.45, 2.75) is 19.6 Å². The van der Waals surface area contributed by atoms with Gasteiger partial charge in [-0.1, -0.05) is 30.3 Å². The molecule has 32 nitrogen and oxygen atoms in total. The number of azo groups is 2. The Kier molecular flexibility index (Phi) is 29.1. The van der Waals surface area contributed by atoms with Crippen LogP contribution >= 0.6 is 23.2 Å². The van der Waals surface area contributed by atoms with E-state index in [1.54, 1.807) is 0 Å². The van der Waals surface area contributed by atoms with E-state index in [9.17, 15) is 81.9 Å². The zero-order valence-electron chi connectivity index (χ0n) is 46.7. The minimum atomic E-state index is -5.61. The summed E-state index contributed by atoms with van der Waals surface area (Å²) in [5, 5.41) is 68.5. The summed E-state index contributed by atoms with van der Waals surface area (Å²) >= 11 is 12.4. The fourth-order valence-electron chi connectivity index (χ4n) is 7.61. The molecule has 0 aliphatic carbocycles. The summed E-state index contributed by atoms with van der Waals surface area (Å²) in [7, 11) is -21.8. The van der Waals surface area contributed by atoms with Gasteiger partial charge in [0.2, 0.25) is 34.4 Å². The number of nitrogens with one attached hydrogen (secondary N) is 4. The minimum Gasteiger partial charge on any atom is -0.744 e. The van der Waals surface area contributed by atoms with E-state index in [-0.39, 0.29) is 223 Å². The molecule has 0 amide bonds. The largest absolute Gasteiger partial charge is 1.00 e. The second-order valence-corrected chi connectivity index (χ2v) is 22.9. The number of carboxylic acids is 2. The minimum absolute atomic E-state index is 0. The van der Waals surface area contributed by atoms with Crippen molar-refractivity contribution in [2.75, 3.05) is 21.3 Å². The van der Waals surface area contributed by atoms with Crippen molar-refractivity contribution in [3.05, 3.63) is 131 Å². The molecule has 9 rings (SSSR count). The van der Waals surface area contributed by atoms with Crippen LogP contribution in [0.5, 0.6) is 11.5 Å². The van der Waals surface area contributed by atoms with Gasteiger partial charge in [-0.3, -0.25) is 0 Å². The summed E-state index contributed by atoms with van der Waals surface area (Å²) in [6.45, 7) is 0. The first kappa shape index (κ1) is 80.5. The van der Waals surface area contributed by atoms with Gasteiger partial charge in [0.1, 0.15) is 63.3 Å². The van der Waals surface area contributed by atoms with Gasteiger partial charge in [0.25, 0.3) is 0 Å². The molecule has 0 aliphatic heterocycles. The SMILES string of the molecule is O=C([O-])c1ccc(N=Nc2cc(S(=O)(=O)[O-])cc3cc(S(=O)(=O)[O-])c(Nc4nc(Cl)nc(Nc5cccc(Nc6nc(Cl)nc(Nc7c(S(=O)(=O)[O-])cc8cc(S(=O)(=O)[O-])cc(N=Nc9ccc(C(=O)[O-])cc9)c8c7O)n6)c5)n4)c(O)c23)cc1.[Na+].[Na+].[Na+].[Na+].[Na+].[Na+]. The van der Waals surface area contributed by atoms with E-state index in [1.165, 1.54) is 48.5 Å². The monoisotopic (exact) mass is 1400 g/mol. The molecular weight excluding hydrogens is 1370 g/mol. The molecule has 0 aliphatic rings. The molecule has 0 atom stereocenters. The van der Waals surface area contributed by atoms with E-state index in [0.29, 0.717) is 36.4 Å². The Hall–Kier alpha value is -3.76. The predicted octanol–water partition coefficient (Wildman–Crippen LogP) is -12.7. The first-order valence-corrected chi connectivity index (χ1v) is 28.8. The third kappa shape index (κ3) is 19.7. The van der Waals surface area contributed by atoms with Crippen LogP contribution in [0.2, 0.25) is 10.6 Å². The van der Waals surface area contributed by atoms with E-state index in [2.05, 4.69) is 71.6 Å². The van der Waals surface area contributed by atoms with Crippen molar-refractivity contribution < 1.29 is 259 Å². The van der Waals surface area contributed by atoms with E-state index in [1.807, 2.05) is 0 Å². The molecule has 0 bridgehead atoms. The molecule has 0 unspecified atom stereocenters. The maximum atomic E-state index is 12.7. The van der Waals surface area contributed by atoms with E-state index in [0.717, 1.165) is 24.3 Å². The van der Waals surface area contributed by atoms with Gasteiger partial charge in [0.15, 0.2) is 0 Å². The number of aromatic hydroxyl groups is 2. The maximum absolute atomic E-state index is 12.7. The molecule has 430 valence electrons. The Bertz CT molecular complexity index is 4540. The third-order valence-corrected chi connectivity index (χ3v) is 14.9. The number of nitrogens with zero attached hydrogens (tertiary/aromatic N) is 10. The Morgan fingerprint density at radius 3 is 1.04 bits per heavy atom. The maximum Gasteiger partial charge on any atom is 1.00 e. The number of hydrogen-bond donors (Lipinski definition) is 6. The number of aromatic nitrogens is 6. The van der Waals surface area contributed by atoms with Crippen LogP contribution < -0.4 is 209 Å². The average molecular weight is 1400 g/mol. The van der Waals surface area contributed by atoms with Crippen LogP contribution in [0, 0.1) is 0 Å². The number of halogens is 2. The molecule has 9 aromatic rings. The fourth-order valence-corrected chi connectivity index (χ4v) is 10.3. The van der Waals surface area contributed by atoms with Crippen molar-refractivity contribution in [1.29, 1.82) is 0 Å². The zero-order chi connectivity index (χ0) is 60.8. The van der Waals surface area contributed by atoms with Crippen molar-refractivity contribution in [1.82, 2.24) is 29.9 Å². The van der Waals surface area contributed by atoms with Crippen molar-refractivity contribution in [3.8, 4) is 11.5 Å². The normalized spacial score (nSPS) is 11.4. The van der Waals surface area contributed by atoms with Gasteiger partial charge in [-0.25, -0.2) is 33.7 Å². The summed E-state index contributed by atoms with van der Waals surface area (Å²) in [5.74, 6) is -7.24. The Labute approximate surface area is 649 Å². The topological polar surface area (TPSA) is 524 Å². The standard InChI is InChI=1S/C46H30Cl2N14O18S4.6Na/c47-41-53-43(57-45(55-41)51-35-31(83(75,76)77)14-21-12-27(81(69,70)71)17-29(33(21)37(35)63)61-59-23-8-4-19(5-9-23)39(65)66)49-25-2-1-3-26(16-25)50-44-54-42(48)56-46(58-44)52-36-32(84(78,79)80)15-22-13-28(82(72,73)74)18-30(34(22)38(36)64)62-60-24-10-6-20(7-11-24)40(67)68;;;;;;/h1-18,63-64H,(H,65,66)(H,67,68)(H,69,70,71)(H,72,73,74)(H,75,76,77)(H,78,79,80)(H2,49,51,53,55,57)(H2,50,52,54,56,58);;;;;;/q;6*+1/p-6. The van der Waals surface area contributed by atoms with Crippen LogP contribution in [0.25, 0.3) is 21.5 Å².